The molecule has 0 bridgehead atoms. The summed E-state index contributed by atoms with van der Waals surface area (Å²) in [7, 11) is -1.27. The van der Waals surface area contributed by atoms with Crippen LogP contribution in [-0.4, -0.2) is 91.3 Å². The lowest BCUT2D eigenvalue weighted by Gasteiger charge is -2.34. The fourth-order valence-electron chi connectivity index (χ4n) is 4.40. The molecule has 0 unspecified atom stereocenters. The molecule has 35 heavy (non-hydrogen) atoms. The van der Waals surface area contributed by atoms with Crippen LogP contribution < -0.4 is 4.90 Å². The van der Waals surface area contributed by atoms with Crippen LogP contribution in [0.15, 0.2) is 30.5 Å². The average Bonchev–Trinajstić information content (AvgIpc) is 3.21. The van der Waals surface area contributed by atoms with Crippen LogP contribution in [0.4, 0.5) is 15.3 Å². The van der Waals surface area contributed by atoms with Crippen LogP contribution in [0, 0.1) is 0 Å². The molecule has 0 aliphatic carbocycles. The minimum atomic E-state index is -1.27. The number of fused-ring (bicyclic) bond motifs is 1. The molecular formula is C24H34N4O6Si. The van der Waals surface area contributed by atoms with E-state index in [0.29, 0.717) is 39.4 Å². The lowest BCUT2D eigenvalue weighted by atomic mass is 10.1. The maximum atomic E-state index is 13.3. The number of morpholine rings is 1. The molecule has 0 radical (unpaired) electrons. The highest BCUT2D eigenvalue weighted by Gasteiger charge is 2.34. The summed E-state index contributed by atoms with van der Waals surface area (Å²) in [4.78, 5) is 41.3. The smallest absolute Gasteiger partial charge is 0.407 e. The predicted octanol–water partition coefficient (Wildman–Crippen LogP) is 3.49. The molecule has 1 aromatic carbocycles. The summed E-state index contributed by atoms with van der Waals surface area (Å²) in [5.74, 6) is -0.221. The van der Waals surface area contributed by atoms with Crippen molar-refractivity contribution in [1.82, 2.24) is 14.4 Å². The molecule has 4 amide bonds. The monoisotopic (exact) mass is 502 g/mol. The summed E-state index contributed by atoms with van der Waals surface area (Å²) in [5, 5.41) is 10.2. The van der Waals surface area contributed by atoms with Crippen molar-refractivity contribution in [2.45, 2.75) is 44.8 Å². The van der Waals surface area contributed by atoms with Gasteiger partial charge in [0.25, 0.3) is 0 Å². The van der Waals surface area contributed by atoms with Crippen LogP contribution >= 0.6 is 0 Å². The van der Waals surface area contributed by atoms with Gasteiger partial charge in [-0.15, -0.1) is 0 Å². The van der Waals surface area contributed by atoms with Gasteiger partial charge in [-0.3, -0.25) is 9.69 Å². The minimum absolute atomic E-state index is 0.0330. The van der Waals surface area contributed by atoms with Gasteiger partial charge < -0.3 is 24.0 Å². The van der Waals surface area contributed by atoms with E-state index in [1.54, 1.807) is 4.90 Å². The Balaban J connectivity index is 1.48. The molecule has 2 aromatic rings. The molecule has 10 nitrogen and oxygen atoms in total. The Morgan fingerprint density at radius 2 is 2.00 bits per heavy atom. The van der Waals surface area contributed by atoms with Gasteiger partial charge in [-0.2, -0.15) is 0 Å². The highest BCUT2D eigenvalue weighted by atomic mass is 28.3. The molecule has 0 saturated carbocycles. The summed E-state index contributed by atoms with van der Waals surface area (Å²) < 4.78 is 13.5. The van der Waals surface area contributed by atoms with E-state index in [1.807, 2.05) is 35.0 Å². The maximum Gasteiger partial charge on any atom is 0.407 e. The first-order valence-corrected chi connectivity index (χ1v) is 15.7. The number of ether oxygens (including phenoxy) is 2. The number of imide groups is 1. The van der Waals surface area contributed by atoms with E-state index < -0.39 is 14.2 Å². The van der Waals surface area contributed by atoms with Crippen molar-refractivity contribution in [3.8, 4) is 0 Å². The molecule has 2 saturated heterocycles. The number of urea groups is 1. The van der Waals surface area contributed by atoms with E-state index >= 15 is 0 Å². The van der Waals surface area contributed by atoms with Crippen LogP contribution in [0.2, 0.25) is 25.7 Å². The molecule has 4 rings (SSSR count). The van der Waals surface area contributed by atoms with Crippen molar-refractivity contribution in [3.63, 3.8) is 0 Å². The third-order valence-electron chi connectivity index (χ3n) is 6.42. The van der Waals surface area contributed by atoms with Crippen LogP contribution in [-0.2, 0) is 20.8 Å². The molecule has 2 aliphatic heterocycles. The first-order chi connectivity index (χ1) is 16.6. The number of hydrogen-bond acceptors (Lipinski definition) is 5. The highest BCUT2D eigenvalue weighted by Crippen LogP contribution is 2.31. The number of carbonyl (C=O) groups excluding carboxylic acids is 2. The normalized spacial score (nSPS) is 19.6. The van der Waals surface area contributed by atoms with Crippen molar-refractivity contribution in [1.29, 1.82) is 0 Å². The second-order valence-corrected chi connectivity index (χ2v) is 15.9. The number of carboxylic acid groups (broad SMARTS) is 1. The summed E-state index contributed by atoms with van der Waals surface area (Å²) in [6.07, 6.45) is 0.970. The minimum Gasteiger partial charge on any atom is -0.465 e. The molecule has 3 heterocycles. The van der Waals surface area contributed by atoms with Crippen molar-refractivity contribution < 1.29 is 29.0 Å². The largest absolute Gasteiger partial charge is 0.465 e. The quantitative estimate of drug-likeness (QED) is 0.438. The Hall–Kier alpha value is -2.89. The van der Waals surface area contributed by atoms with Gasteiger partial charge in [0, 0.05) is 45.8 Å². The molecular weight excluding hydrogens is 468 g/mol. The third kappa shape index (κ3) is 5.85. The van der Waals surface area contributed by atoms with Crippen LogP contribution in [0.3, 0.4) is 0 Å². The first-order valence-electron chi connectivity index (χ1n) is 12.0. The predicted molar refractivity (Wildman–Crippen MR) is 134 cm³/mol. The Morgan fingerprint density at radius 3 is 2.74 bits per heavy atom. The zero-order chi connectivity index (χ0) is 25.2. The van der Waals surface area contributed by atoms with E-state index in [0.717, 1.165) is 22.6 Å². The topological polar surface area (TPSA) is 105 Å². The van der Waals surface area contributed by atoms with E-state index in [1.165, 1.54) is 9.80 Å². The number of hydrogen-bond donors (Lipinski definition) is 1. The number of amides is 4. The zero-order valence-electron chi connectivity index (χ0n) is 20.6. The highest BCUT2D eigenvalue weighted by molar-refractivity contribution is 6.76. The van der Waals surface area contributed by atoms with Gasteiger partial charge in [-0.05, 0) is 24.2 Å². The second kappa shape index (κ2) is 10.4. The van der Waals surface area contributed by atoms with Gasteiger partial charge in [0.2, 0.25) is 5.91 Å². The molecule has 190 valence electrons. The van der Waals surface area contributed by atoms with Gasteiger partial charge >= 0.3 is 12.1 Å². The molecule has 0 spiro atoms. The second-order valence-electron chi connectivity index (χ2n) is 10.3. The molecule has 2 aliphatic rings. The summed E-state index contributed by atoms with van der Waals surface area (Å²) in [5.41, 5.74) is 1.66. The molecule has 1 N–H and O–H groups in total. The number of rotatable bonds is 8. The van der Waals surface area contributed by atoms with Crippen molar-refractivity contribution in [2.24, 2.45) is 0 Å². The summed E-state index contributed by atoms with van der Waals surface area (Å²) >= 11 is 0. The standard InChI is InChI=1S/C24H34N4O6Si/c1-35(2,3)14-13-33-17-28-22(29)8-10-27(23(28)30)21-6-4-5-20-19(21)7-9-25(20)15-18-16-26(24(31)32)11-12-34-18/h4-7,9,18H,8,10-17H2,1-3H3,(H,31,32)/t18-/m0/s1. The molecule has 1 aromatic heterocycles. The molecule has 1 atom stereocenters. The van der Waals surface area contributed by atoms with Gasteiger partial charge in [-0.25, -0.2) is 14.5 Å². The lowest BCUT2D eigenvalue weighted by Crippen LogP contribution is -2.53. The van der Waals surface area contributed by atoms with Crippen molar-refractivity contribution in [3.05, 3.63) is 30.5 Å². The fraction of sp³-hybridized carbons (Fsp3) is 0.542. The zero-order valence-corrected chi connectivity index (χ0v) is 21.6. The van der Waals surface area contributed by atoms with E-state index in [-0.39, 0.29) is 31.2 Å². The number of nitrogens with zero attached hydrogens (tertiary/aromatic N) is 4. The van der Waals surface area contributed by atoms with Gasteiger partial charge in [0.05, 0.1) is 37.0 Å². The van der Waals surface area contributed by atoms with Gasteiger partial charge in [0.1, 0.15) is 6.73 Å². The SMILES string of the molecule is C[Si](C)(C)CCOCN1C(=O)CCN(c2cccc3c2ccn3C[C@H]2CN(C(=O)O)CCO2)C1=O. The lowest BCUT2D eigenvalue weighted by molar-refractivity contribution is -0.133. The van der Waals surface area contributed by atoms with Crippen molar-refractivity contribution >= 4 is 42.7 Å². The van der Waals surface area contributed by atoms with E-state index in [2.05, 4.69) is 19.6 Å². The number of anilines is 1. The number of benzene rings is 1. The van der Waals surface area contributed by atoms with E-state index in [4.69, 9.17) is 9.47 Å². The first kappa shape index (κ1) is 25.2. The van der Waals surface area contributed by atoms with Crippen LogP contribution in [0.5, 0.6) is 0 Å². The Morgan fingerprint density at radius 1 is 1.20 bits per heavy atom. The molecule has 11 heteroatoms. The van der Waals surface area contributed by atoms with Crippen LogP contribution in [0.1, 0.15) is 6.42 Å². The maximum absolute atomic E-state index is 13.3. The molecule has 2 fully saturated rings. The van der Waals surface area contributed by atoms with Gasteiger partial charge in [0.15, 0.2) is 0 Å². The number of carbonyl (C=O) groups is 3. The van der Waals surface area contributed by atoms with Crippen molar-refractivity contribution in [2.75, 3.05) is 44.5 Å². The Bertz CT molecular complexity index is 1100. The Kier molecular flexibility index (Phi) is 7.48. The number of aromatic nitrogens is 1. The fourth-order valence-corrected chi connectivity index (χ4v) is 5.16. The van der Waals surface area contributed by atoms with Crippen LogP contribution in [0.25, 0.3) is 10.9 Å². The Labute approximate surface area is 206 Å². The van der Waals surface area contributed by atoms with E-state index in [9.17, 15) is 19.5 Å². The third-order valence-corrected chi connectivity index (χ3v) is 8.12. The summed E-state index contributed by atoms with van der Waals surface area (Å²) in [6.45, 7) is 9.13. The van der Waals surface area contributed by atoms with Gasteiger partial charge in [-0.1, -0.05) is 25.7 Å². The average molecular weight is 503 g/mol. The summed E-state index contributed by atoms with van der Waals surface area (Å²) in [6, 6.07) is 8.27.